The van der Waals surface area contributed by atoms with Crippen LogP contribution in [0, 0.1) is 11.7 Å². The van der Waals surface area contributed by atoms with Gasteiger partial charge < -0.3 is 30.3 Å². The molecule has 2 aliphatic rings. The summed E-state index contributed by atoms with van der Waals surface area (Å²) in [4.78, 5) is 11.3. The zero-order valence-corrected chi connectivity index (χ0v) is 20.3. The van der Waals surface area contributed by atoms with Crippen LogP contribution in [0.2, 0.25) is 0 Å². The van der Waals surface area contributed by atoms with Crippen LogP contribution in [0.3, 0.4) is 0 Å². The lowest BCUT2D eigenvalue weighted by Gasteiger charge is -2.34. The Morgan fingerprint density at radius 2 is 1.73 bits per heavy atom. The number of anilines is 1. The fraction of sp³-hybridized carbons (Fsp3) is 0.357. The van der Waals surface area contributed by atoms with Gasteiger partial charge in [-0.1, -0.05) is 30.3 Å². The zero-order valence-electron chi connectivity index (χ0n) is 20.3. The highest BCUT2D eigenvalue weighted by molar-refractivity contribution is 6.01. The van der Waals surface area contributed by atoms with Crippen LogP contribution in [0.4, 0.5) is 10.2 Å². The fourth-order valence-electron chi connectivity index (χ4n) is 5.48. The first-order valence-corrected chi connectivity index (χ1v) is 12.6. The van der Waals surface area contributed by atoms with Crippen LogP contribution in [0.15, 0.2) is 48.5 Å². The van der Waals surface area contributed by atoms with Gasteiger partial charge in [0, 0.05) is 42.0 Å². The average Bonchev–Trinajstić information content (AvgIpc) is 3.26. The summed E-state index contributed by atoms with van der Waals surface area (Å²) in [5.41, 5.74) is 1.01. The molecule has 2 fully saturated rings. The van der Waals surface area contributed by atoms with Crippen LogP contribution in [0.5, 0.6) is 11.8 Å². The van der Waals surface area contributed by atoms with Gasteiger partial charge in [-0.05, 0) is 47.4 Å². The van der Waals surface area contributed by atoms with E-state index in [-0.39, 0.29) is 37.1 Å². The monoisotopic (exact) mass is 504 g/mol. The van der Waals surface area contributed by atoms with Crippen molar-refractivity contribution in [1.29, 1.82) is 0 Å². The molecule has 192 valence electrons. The maximum atomic E-state index is 16.3. The lowest BCUT2D eigenvalue weighted by atomic mass is 9.96. The molecule has 4 N–H and O–H groups in total. The molecular weight excluding hydrogens is 475 g/mol. The number of benzene rings is 3. The Labute approximate surface area is 213 Å². The minimum Gasteiger partial charge on any atom is -0.508 e. The molecule has 2 aliphatic heterocycles. The fourth-order valence-corrected chi connectivity index (χ4v) is 5.48. The van der Waals surface area contributed by atoms with Crippen molar-refractivity contribution in [2.24, 2.45) is 5.92 Å². The quantitative estimate of drug-likeness (QED) is 0.304. The Morgan fingerprint density at radius 3 is 2.49 bits per heavy atom. The third-order valence-corrected chi connectivity index (χ3v) is 7.38. The molecule has 0 radical (unpaired) electrons. The van der Waals surface area contributed by atoms with Crippen molar-refractivity contribution >= 4 is 27.5 Å². The van der Waals surface area contributed by atoms with Gasteiger partial charge in [-0.2, -0.15) is 9.97 Å². The Kier molecular flexibility index (Phi) is 6.27. The third-order valence-electron chi connectivity index (χ3n) is 7.38. The SMILES string of the molecule is OCC(CO)COc1nc(N2CC3CCC(C2)N3)c2ccc(-c3cc(O)cc4ccccc34)c(F)c2n1. The van der Waals surface area contributed by atoms with Crippen LogP contribution in [0.1, 0.15) is 12.8 Å². The number of hydrogen-bond donors (Lipinski definition) is 4. The molecule has 0 amide bonds. The van der Waals surface area contributed by atoms with Crippen molar-refractivity contribution in [3.05, 3.63) is 54.3 Å². The second-order valence-corrected chi connectivity index (χ2v) is 9.95. The van der Waals surface area contributed by atoms with Crippen LogP contribution in [-0.4, -0.2) is 70.3 Å². The van der Waals surface area contributed by atoms with Gasteiger partial charge in [0.1, 0.15) is 17.1 Å². The molecular formula is C28H29FN4O4. The van der Waals surface area contributed by atoms with Crippen molar-refractivity contribution in [1.82, 2.24) is 15.3 Å². The number of phenols is 1. The van der Waals surface area contributed by atoms with E-state index in [1.54, 1.807) is 18.2 Å². The van der Waals surface area contributed by atoms with E-state index in [9.17, 15) is 15.3 Å². The van der Waals surface area contributed by atoms with Crippen molar-refractivity contribution in [3.63, 3.8) is 0 Å². The van der Waals surface area contributed by atoms with E-state index in [1.807, 2.05) is 30.3 Å². The molecule has 3 aromatic carbocycles. The minimum absolute atomic E-state index is 0.00269. The number of hydrogen-bond acceptors (Lipinski definition) is 8. The normalized spacial score (nSPS) is 19.3. The van der Waals surface area contributed by atoms with Crippen molar-refractivity contribution in [2.45, 2.75) is 24.9 Å². The molecule has 37 heavy (non-hydrogen) atoms. The molecule has 9 heteroatoms. The zero-order chi connectivity index (χ0) is 25.5. The number of nitrogens with zero attached hydrogens (tertiary/aromatic N) is 3. The van der Waals surface area contributed by atoms with Crippen LogP contribution >= 0.6 is 0 Å². The number of aromatic nitrogens is 2. The molecule has 4 aromatic rings. The lowest BCUT2D eigenvalue weighted by Crippen LogP contribution is -2.51. The molecule has 3 heterocycles. The van der Waals surface area contributed by atoms with Gasteiger partial charge in [-0.3, -0.25) is 0 Å². The molecule has 2 atom stereocenters. The summed E-state index contributed by atoms with van der Waals surface area (Å²) < 4.78 is 22.1. The molecule has 2 unspecified atom stereocenters. The van der Waals surface area contributed by atoms with E-state index in [4.69, 9.17) is 4.74 Å². The summed E-state index contributed by atoms with van der Waals surface area (Å²) in [5, 5.41) is 35.0. The number of halogens is 1. The lowest BCUT2D eigenvalue weighted by molar-refractivity contribution is 0.102. The molecule has 0 aliphatic carbocycles. The number of aliphatic hydroxyl groups excluding tert-OH is 2. The van der Waals surface area contributed by atoms with E-state index in [1.165, 1.54) is 0 Å². The minimum atomic E-state index is -0.527. The summed E-state index contributed by atoms with van der Waals surface area (Å²) in [7, 11) is 0. The number of aromatic hydroxyl groups is 1. The molecule has 0 saturated carbocycles. The first-order chi connectivity index (χ1) is 18.0. The van der Waals surface area contributed by atoms with E-state index < -0.39 is 11.7 Å². The number of nitrogens with one attached hydrogen (secondary N) is 1. The van der Waals surface area contributed by atoms with E-state index in [2.05, 4.69) is 20.2 Å². The van der Waals surface area contributed by atoms with Crippen LogP contribution in [-0.2, 0) is 0 Å². The first-order valence-electron chi connectivity index (χ1n) is 12.6. The van der Waals surface area contributed by atoms with Gasteiger partial charge in [0.2, 0.25) is 0 Å². The molecule has 2 saturated heterocycles. The Hall–Kier alpha value is -3.53. The highest BCUT2D eigenvalue weighted by Crippen LogP contribution is 2.38. The molecule has 8 nitrogen and oxygen atoms in total. The van der Waals surface area contributed by atoms with Crippen molar-refractivity contribution < 1.29 is 24.4 Å². The van der Waals surface area contributed by atoms with E-state index >= 15 is 4.39 Å². The highest BCUT2D eigenvalue weighted by atomic mass is 19.1. The van der Waals surface area contributed by atoms with Gasteiger partial charge in [0.25, 0.3) is 0 Å². The summed E-state index contributed by atoms with van der Waals surface area (Å²) in [6, 6.07) is 15.0. The standard InChI is InChI=1S/C28H29FN4O4/c29-25-22(24-10-20(36)9-17-3-1-2-4-21(17)24)7-8-23-26(25)31-28(37-15-16(13-34)14-35)32-27(23)33-11-18-5-6-19(12-33)30-18/h1-4,7-10,16,18-19,30,34-36H,5-6,11-15H2. The predicted octanol–water partition coefficient (Wildman–Crippen LogP) is 3.21. The van der Waals surface area contributed by atoms with Gasteiger partial charge >= 0.3 is 6.01 Å². The smallest absolute Gasteiger partial charge is 0.319 e. The Bertz CT molecular complexity index is 1450. The summed E-state index contributed by atoms with van der Waals surface area (Å²) >= 11 is 0. The van der Waals surface area contributed by atoms with Crippen molar-refractivity contribution in [2.75, 3.05) is 37.8 Å². The number of rotatable bonds is 7. The van der Waals surface area contributed by atoms with Gasteiger partial charge in [0.15, 0.2) is 5.82 Å². The predicted molar refractivity (Wildman–Crippen MR) is 139 cm³/mol. The van der Waals surface area contributed by atoms with Crippen molar-refractivity contribution in [3.8, 4) is 22.9 Å². The Balaban J connectivity index is 1.50. The van der Waals surface area contributed by atoms with Gasteiger partial charge in [-0.25, -0.2) is 4.39 Å². The molecule has 2 bridgehead atoms. The Morgan fingerprint density at radius 1 is 0.973 bits per heavy atom. The van der Waals surface area contributed by atoms with E-state index in [0.717, 1.165) is 36.7 Å². The topological polar surface area (TPSA) is 111 Å². The number of ether oxygens (including phenoxy) is 1. The second-order valence-electron chi connectivity index (χ2n) is 9.95. The maximum Gasteiger partial charge on any atom is 0.319 e. The third kappa shape index (κ3) is 4.43. The summed E-state index contributed by atoms with van der Waals surface area (Å²) in [6.45, 7) is 1.00. The second kappa shape index (κ2) is 9.74. The molecule has 6 rings (SSSR count). The van der Waals surface area contributed by atoms with Gasteiger partial charge in [0.05, 0.1) is 19.8 Å². The van der Waals surface area contributed by atoms with Gasteiger partial charge in [-0.15, -0.1) is 0 Å². The number of piperazine rings is 1. The molecule has 0 spiro atoms. The largest absolute Gasteiger partial charge is 0.508 e. The average molecular weight is 505 g/mol. The maximum absolute atomic E-state index is 16.3. The highest BCUT2D eigenvalue weighted by Gasteiger charge is 2.34. The first kappa shape index (κ1) is 23.8. The van der Waals surface area contributed by atoms with E-state index in [0.29, 0.717) is 34.4 Å². The number of aliphatic hydroxyl groups is 2. The summed E-state index contributed by atoms with van der Waals surface area (Å²) in [6.07, 6.45) is 2.18. The number of fused-ring (bicyclic) bond motifs is 4. The molecule has 1 aromatic heterocycles. The summed E-state index contributed by atoms with van der Waals surface area (Å²) in [5.74, 6) is -0.363. The van der Waals surface area contributed by atoms with Crippen LogP contribution < -0.4 is 15.0 Å². The van der Waals surface area contributed by atoms with Crippen LogP contribution in [0.25, 0.3) is 32.8 Å². The number of phenolic OH excluding ortho intramolecular Hbond substituents is 1.